The van der Waals surface area contributed by atoms with E-state index in [0.717, 1.165) is 25.8 Å². The number of anilines is 1. The fourth-order valence-corrected chi connectivity index (χ4v) is 4.06. The van der Waals surface area contributed by atoms with Crippen LogP contribution < -0.4 is 15.2 Å². The van der Waals surface area contributed by atoms with E-state index in [4.69, 9.17) is 4.74 Å². The molecule has 0 atom stereocenters. The van der Waals surface area contributed by atoms with Crippen LogP contribution in [0.15, 0.2) is 79.5 Å². The molecular formula is C26H24Br2N4O2. The number of nitrogens with zero attached hydrogens (tertiary/aromatic N) is 4. The maximum atomic E-state index is 13.2. The number of halogens is 2. The molecule has 0 aliphatic rings. The zero-order chi connectivity index (χ0) is 24.2. The van der Waals surface area contributed by atoms with Crippen LogP contribution in [0.5, 0.6) is 5.75 Å². The minimum absolute atomic E-state index is 0.207. The fraction of sp³-hybridized carbons (Fsp3) is 0.192. The SMILES string of the molecule is CCc1nc2ccc(Br)cc2c(=O)n1N=Cc1ccc(N(C)C)cc1OCc1ccc(Br)cc1. The van der Waals surface area contributed by atoms with Gasteiger partial charge in [-0.1, -0.05) is 50.9 Å². The van der Waals surface area contributed by atoms with E-state index in [-0.39, 0.29) is 5.56 Å². The van der Waals surface area contributed by atoms with Crippen molar-refractivity contribution in [3.8, 4) is 5.75 Å². The van der Waals surface area contributed by atoms with Crippen molar-refractivity contribution in [2.45, 2.75) is 20.0 Å². The number of benzene rings is 3. The van der Waals surface area contributed by atoms with Gasteiger partial charge in [0.05, 0.1) is 17.1 Å². The Morgan fingerprint density at radius 2 is 1.76 bits per heavy atom. The quantitative estimate of drug-likeness (QED) is 0.250. The van der Waals surface area contributed by atoms with Crippen molar-refractivity contribution in [1.29, 1.82) is 0 Å². The largest absolute Gasteiger partial charge is 0.488 e. The average Bonchev–Trinajstić information content (AvgIpc) is 2.83. The third-order valence-corrected chi connectivity index (χ3v) is 6.35. The molecule has 1 heterocycles. The van der Waals surface area contributed by atoms with Crippen molar-refractivity contribution < 1.29 is 4.74 Å². The Hall–Kier alpha value is -2.97. The number of hydrogen-bond donors (Lipinski definition) is 0. The lowest BCUT2D eigenvalue weighted by molar-refractivity contribution is 0.306. The first kappa shape index (κ1) is 24.2. The highest BCUT2D eigenvalue weighted by atomic mass is 79.9. The second kappa shape index (κ2) is 10.5. The van der Waals surface area contributed by atoms with Gasteiger partial charge < -0.3 is 9.64 Å². The minimum Gasteiger partial charge on any atom is -0.488 e. The van der Waals surface area contributed by atoms with Crippen molar-refractivity contribution in [2.24, 2.45) is 5.10 Å². The van der Waals surface area contributed by atoms with Gasteiger partial charge in [0.25, 0.3) is 5.56 Å². The van der Waals surface area contributed by atoms with Crippen LogP contribution in [0.2, 0.25) is 0 Å². The van der Waals surface area contributed by atoms with Crippen molar-refractivity contribution in [1.82, 2.24) is 9.66 Å². The van der Waals surface area contributed by atoms with E-state index in [2.05, 4.69) is 41.9 Å². The van der Waals surface area contributed by atoms with Crippen LogP contribution in [-0.4, -0.2) is 30.0 Å². The van der Waals surface area contributed by atoms with E-state index in [0.29, 0.717) is 35.5 Å². The molecule has 34 heavy (non-hydrogen) atoms. The van der Waals surface area contributed by atoms with Gasteiger partial charge >= 0.3 is 0 Å². The second-order valence-electron chi connectivity index (χ2n) is 7.94. The van der Waals surface area contributed by atoms with E-state index in [1.54, 1.807) is 12.3 Å². The molecule has 0 aliphatic carbocycles. The molecule has 174 valence electrons. The van der Waals surface area contributed by atoms with Crippen LogP contribution in [0.25, 0.3) is 10.9 Å². The average molecular weight is 584 g/mol. The Balaban J connectivity index is 1.72. The second-order valence-corrected chi connectivity index (χ2v) is 9.77. The summed E-state index contributed by atoms with van der Waals surface area (Å²) in [6, 6.07) is 19.4. The molecule has 0 saturated carbocycles. The maximum Gasteiger partial charge on any atom is 0.282 e. The molecule has 0 radical (unpaired) electrons. The maximum absolute atomic E-state index is 13.2. The number of ether oxygens (including phenoxy) is 1. The number of aromatic nitrogens is 2. The molecular weight excluding hydrogens is 560 g/mol. The molecule has 3 aromatic carbocycles. The first-order chi connectivity index (χ1) is 16.4. The molecule has 6 nitrogen and oxygen atoms in total. The zero-order valence-corrected chi connectivity index (χ0v) is 22.3. The fourth-order valence-electron chi connectivity index (χ4n) is 3.44. The van der Waals surface area contributed by atoms with Gasteiger partial charge in [-0.15, -0.1) is 0 Å². The van der Waals surface area contributed by atoms with Crippen LogP contribution in [0.1, 0.15) is 23.9 Å². The predicted molar refractivity (Wildman–Crippen MR) is 145 cm³/mol. The third-order valence-electron chi connectivity index (χ3n) is 5.33. The van der Waals surface area contributed by atoms with Crippen LogP contribution >= 0.6 is 31.9 Å². The lowest BCUT2D eigenvalue weighted by atomic mass is 10.2. The van der Waals surface area contributed by atoms with Crippen LogP contribution in [0, 0.1) is 0 Å². The van der Waals surface area contributed by atoms with Gasteiger partial charge in [0.15, 0.2) is 0 Å². The number of rotatable bonds is 7. The number of aryl methyl sites for hydroxylation is 1. The highest BCUT2D eigenvalue weighted by Crippen LogP contribution is 2.25. The molecule has 4 aromatic rings. The highest BCUT2D eigenvalue weighted by molar-refractivity contribution is 9.10. The molecule has 0 bridgehead atoms. The van der Waals surface area contributed by atoms with Crippen molar-refractivity contribution in [3.05, 3.63) is 96.9 Å². The highest BCUT2D eigenvalue weighted by Gasteiger charge is 2.11. The molecule has 4 rings (SSSR count). The summed E-state index contributed by atoms with van der Waals surface area (Å²) < 4.78 is 9.38. The van der Waals surface area contributed by atoms with Gasteiger partial charge in [-0.25, -0.2) is 4.98 Å². The number of fused-ring (bicyclic) bond motifs is 1. The van der Waals surface area contributed by atoms with Crippen LogP contribution in [0.4, 0.5) is 5.69 Å². The van der Waals surface area contributed by atoms with E-state index in [1.807, 2.05) is 80.5 Å². The molecule has 0 unspecified atom stereocenters. The molecule has 0 fully saturated rings. The van der Waals surface area contributed by atoms with Crippen LogP contribution in [0.3, 0.4) is 0 Å². The van der Waals surface area contributed by atoms with E-state index in [1.165, 1.54) is 4.68 Å². The lowest BCUT2D eigenvalue weighted by Gasteiger charge is -2.16. The first-order valence-corrected chi connectivity index (χ1v) is 12.4. The third kappa shape index (κ3) is 5.39. The Labute approximate surface area is 215 Å². The summed E-state index contributed by atoms with van der Waals surface area (Å²) in [5.74, 6) is 1.28. The standard InChI is InChI=1S/C26H24Br2N4O2/c1-4-25-30-23-12-10-20(28)13-22(23)26(33)32(25)29-15-18-7-11-21(31(2)3)14-24(18)34-16-17-5-8-19(27)9-6-17/h5-15H,4,16H2,1-3H3. The zero-order valence-electron chi connectivity index (χ0n) is 19.1. The molecule has 0 spiro atoms. The van der Waals surface area contributed by atoms with E-state index >= 15 is 0 Å². The van der Waals surface area contributed by atoms with E-state index < -0.39 is 0 Å². The van der Waals surface area contributed by atoms with Gasteiger partial charge in [-0.2, -0.15) is 9.78 Å². The summed E-state index contributed by atoms with van der Waals surface area (Å²) in [6.45, 7) is 2.37. The Bertz CT molecular complexity index is 1410. The molecule has 8 heteroatoms. The normalized spacial score (nSPS) is 11.3. The number of hydrogen-bond acceptors (Lipinski definition) is 5. The van der Waals surface area contributed by atoms with Gasteiger partial charge in [-0.05, 0) is 48.0 Å². The molecule has 0 amide bonds. The molecule has 0 N–H and O–H groups in total. The summed E-state index contributed by atoms with van der Waals surface area (Å²) in [5.41, 5.74) is 3.28. The summed E-state index contributed by atoms with van der Waals surface area (Å²) in [4.78, 5) is 19.8. The van der Waals surface area contributed by atoms with E-state index in [9.17, 15) is 4.79 Å². The predicted octanol–water partition coefficient (Wildman–Crippen LogP) is 6.01. The summed E-state index contributed by atoms with van der Waals surface area (Å²) in [5, 5.41) is 5.04. The van der Waals surface area contributed by atoms with Crippen LogP contribution in [-0.2, 0) is 13.0 Å². The minimum atomic E-state index is -0.207. The Morgan fingerprint density at radius 3 is 2.47 bits per heavy atom. The molecule has 1 aromatic heterocycles. The monoisotopic (exact) mass is 582 g/mol. The van der Waals surface area contributed by atoms with Crippen molar-refractivity contribution in [2.75, 3.05) is 19.0 Å². The van der Waals surface area contributed by atoms with Gasteiger partial charge in [0.1, 0.15) is 18.2 Å². The molecule has 0 saturated heterocycles. The van der Waals surface area contributed by atoms with Crippen molar-refractivity contribution >= 4 is 54.7 Å². The van der Waals surface area contributed by atoms with Gasteiger partial charge in [-0.3, -0.25) is 4.79 Å². The summed E-state index contributed by atoms with van der Waals surface area (Å²) in [7, 11) is 3.96. The first-order valence-electron chi connectivity index (χ1n) is 10.8. The summed E-state index contributed by atoms with van der Waals surface area (Å²) in [6.07, 6.45) is 2.23. The molecule has 0 aliphatic heterocycles. The summed E-state index contributed by atoms with van der Waals surface area (Å²) >= 11 is 6.89. The lowest BCUT2D eigenvalue weighted by Crippen LogP contribution is -2.22. The van der Waals surface area contributed by atoms with Gasteiger partial charge in [0.2, 0.25) is 0 Å². The Morgan fingerprint density at radius 1 is 1.03 bits per heavy atom. The van der Waals surface area contributed by atoms with Crippen molar-refractivity contribution in [3.63, 3.8) is 0 Å². The smallest absolute Gasteiger partial charge is 0.282 e. The topological polar surface area (TPSA) is 59.7 Å². The Kier molecular flexibility index (Phi) is 7.48. The van der Waals surface area contributed by atoms with Gasteiger partial charge in [0, 0.05) is 46.8 Å².